The van der Waals surface area contributed by atoms with Crippen LogP contribution in [0.5, 0.6) is 0 Å². The summed E-state index contributed by atoms with van der Waals surface area (Å²) in [5.41, 5.74) is 0.820. The molecule has 0 aromatic carbocycles. The average Bonchev–Trinajstić information content (AvgIpc) is 3.41. The summed E-state index contributed by atoms with van der Waals surface area (Å²) < 4.78 is 11.2. The zero-order valence-corrected chi connectivity index (χ0v) is 16.2. The van der Waals surface area contributed by atoms with Crippen LogP contribution in [0.3, 0.4) is 0 Å². The summed E-state index contributed by atoms with van der Waals surface area (Å²) in [7, 11) is 0. The van der Waals surface area contributed by atoms with Gasteiger partial charge in [0.25, 0.3) is 5.89 Å². The predicted molar refractivity (Wildman–Crippen MR) is 100 cm³/mol. The Bertz CT molecular complexity index is 783. The fourth-order valence-electron chi connectivity index (χ4n) is 4.28. The van der Waals surface area contributed by atoms with Gasteiger partial charge in [0.15, 0.2) is 0 Å². The molecular weight excluding hydrogens is 344 g/mol. The van der Waals surface area contributed by atoms with Gasteiger partial charge in [-0.15, -0.1) is 10.2 Å². The Morgan fingerprint density at radius 3 is 2.52 bits per heavy atom. The van der Waals surface area contributed by atoms with Gasteiger partial charge in [-0.1, -0.05) is 12.8 Å². The molecule has 2 aliphatic rings. The summed E-state index contributed by atoms with van der Waals surface area (Å²) in [5.74, 6) is 2.71. The maximum Gasteiger partial charge on any atom is 0.251 e. The Hall–Kier alpha value is -2.15. The molecule has 2 aromatic heterocycles. The van der Waals surface area contributed by atoms with E-state index in [1.165, 1.54) is 25.7 Å². The first-order valence-electron chi connectivity index (χ1n) is 10.0. The lowest BCUT2D eigenvalue weighted by Gasteiger charge is -2.38. The van der Waals surface area contributed by atoms with Crippen molar-refractivity contribution in [2.24, 2.45) is 0 Å². The van der Waals surface area contributed by atoms with Crippen molar-refractivity contribution >= 4 is 5.91 Å². The highest BCUT2D eigenvalue weighted by molar-refractivity contribution is 5.76. The Balaban J connectivity index is 1.27. The number of amides is 1. The number of carbonyl (C=O) groups excluding carboxylic acids is 1. The smallest absolute Gasteiger partial charge is 0.251 e. The Labute approximate surface area is 159 Å². The van der Waals surface area contributed by atoms with Crippen LogP contribution in [0.25, 0.3) is 11.5 Å². The van der Waals surface area contributed by atoms with Crippen LogP contribution in [-0.4, -0.2) is 58.1 Å². The molecule has 3 heterocycles. The molecule has 0 atom stereocenters. The molecule has 0 unspecified atom stereocenters. The van der Waals surface area contributed by atoms with Crippen LogP contribution < -0.4 is 0 Å². The van der Waals surface area contributed by atoms with E-state index in [0.717, 1.165) is 49.3 Å². The van der Waals surface area contributed by atoms with Crippen molar-refractivity contribution in [1.82, 2.24) is 20.0 Å². The standard InChI is InChI=1S/C20H28N4O3/c1-14-13-17(15(2)26-14)20-22-21-18(27-20)7-8-19(25)24-11-9-23(10-12-24)16-5-3-4-6-16/h13,16H,3-12H2,1-2H3. The van der Waals surface area contributed by atoms with Crippen molar-refractivity contribution in [2.75, 3.05) is 26.2 Å². The van der Waals surface area contributed by atoms with E-state index in [1.54, 1.807) is 0 Å². The van der Waals surface area contributed by atoms with E-state index >= 15 is 0 Å². The fourth-order valence-corrected chi connectivity index (χ4v) is 4.28. The molecule has 0 spiro atoms. The minimum atomic E-state index is 0.177. The summed E-state index contributed by atoms with van der Waals surface area (Å²) in [5, 5.41) is 8.18. The first kappa shape index (κ1) is 18.2. The first-order chi connectivity index (χ1) is 13.1. The van der Waals surface area contributed by atoms with Gasteiger partial charge in [0, 0.05) is 45.1 Å². The number of hydrogen-bond acceptors (Lipinski definition) is 6. The molecule has 0 N–H and O–H groups in total. The molecule has 27 heavy (non-hydrogen) atoms. The summed E-state index contributed by atoms with van der Waals surface area (Å²) in [6.45, 7) is 7.43. The number of carbonyl (C=O) groups is 1. The van der Waals surface area contributed by atoms with Gasteiger partial charge in [0.2, 0.25) is 11.8 Å². The minimum Gasteiger partial charge on any atom is -0.466 e. The van der Waals surface area contributed by atoms with Crippen LogP contribution in [0, 0.1) is 13.8 Å². The minimum absolute atomic E-state index is 0.177. The van der Waals surface area contributed by atoms with E-state index < -0.39 is 0 Å². The molecular formula is C20H28N4O3. The summed E-state index contributed by atoms with van der Waals surface area (Å²) in [6.07, 6.45) is 6.24. The number of furan rings is 1. The molecule has 7 heteroatoms. The van der Waals surface area contributed by atoms with Gasteiger partial charge in [-0.3, -0.25) is 9.69 Å². The van der Waals surface area contributed by atoms with Gasteiger partial charge in [-0.2, -0.15) is 0 Å². The van der Waals surface area contributed by atoms with E-state index in [1.807, 2.05) is 24.8 Å². The lowest BCUT2D eigenvalue weighted by atomic mass is 10.1. The predicted octanol–water partition coefficient (Wildman–Crippen LogP) is 2.97. The van der Waals surface area contributed by atoms with E-state index in [2.05, 4.69) is 15.1 Å². The number of aromatic nitrogens is 2. The third kappa shape index (κ3) is 4.08. The molecule has 1 aliphatic heterocycles. The quantitative estimate of drug-likeness (QED) is 0.803. The highest BCUT2D eigenvalue weighted by Gasteiger charge is 2.27. The van der Waals surface area contributed by atoms with Crippen LogP contribution in [0.2, 0.25) is 0 Å². The van der Waals surface area contributed by atoms with E-state index in [-0.39, 0.29) is 5.91 Å². The van der Waals surface area contributed by atoms with Crippen LogP contribution in [0.15, 0.2) is 14.9 Å². The molecule has 1 aliphatic carbocycles. The van der Waals surface area contributed by atoms with Crippen molar-refractivity contribution in [3.8, 4) is 11.5 Å². The summed E-state index contributed by atoms with van der Waals surface area (Å²) in [4.78, 5) is 17.1. The first-order valence-corrected chi connectivity index (χ1v) is 10.0. The lowest BCUT2D eigenvalue weighted by Crippen LogP contribution is -2.51. The second-order valence-corrected chi connectivity index (χ2v) is 7.68. The second kappa shape index (κ2) is 7.84. The van der Waals surface area contributed by atoms with E-state index in [0.29, 0.717) is 24.6 Å². The molecule has 1 saturated heterocycles. The number of aryl methyl sites for hydroxylation is 3. The fraction of sp³-hybridized carbons (Fsp3) is 0.650. The molecule has 1 saturated carbocycles. The van der Waals surface area contributed by atoms with Crippen molar-refractivity contribution < 1.29 is 13.6 Å². The Morgan fingerprint density at radius 2 is 1.85 bits per heavy atom. The van der Waals surface area contributed by atoms with Gasteiger partial charge < -0.3 is 13.7 Å². The van der Waals surface area contributed by atoms with Gasteiger partial charge in [0.1, 0.15) is 11.5 Å². The average molecular weight is 372 g/mol. The number of piperazine rings is 1. The molecule has 2 aromatic rings. The number of nitrogens with zero attached hydrogens (tertiary/aromatic N) is 4. The Kier molecular flexibility index (Phi) is 5.29. The van der Waals surface area contributed by atoms with Crippen molar-refractivity contribution in [3.05, 3.63) is 23.5 Å². The molecule has 2 fully saturated rings. The summed E-state index contributed by atoms with van der Waals surface area (Å²) >= 11 is 0. The van der Waals surface area contributed by atoms with Gasteiger partial charge in [0.05, 0.1) is 5.56 Å². The molecule has 0 radical (unpaired) electrons. The highest BCUT2D eigenvalue weighted by Crippen LogP contribution is 2.26. The van der Waals surface area contributed by atoms with Crippen molar-refractivity contribution in [2.45, 2.75) is 58.4 Å². The van der Waals surface area contributed by atoms with Crippen molar-refractivity contribution in [1.29, 1.82) is 0 Å². The SMILES string of the molecule is Cc1cc(-c2nnc(CCC(=O)N3CCN(C4CCCC4)CC3)o2)c(C)o1. The monoisotopic (exact) mass is 372 g/mol. The number of rotatable bonds is 5. The Morgan fingerprint density at radius 1 is 1.11 bits per heavy atom. The largest absolute Gasteiger partial charge is 0.466 e. The zero-order chi connectivity index (χ0) is 18.8. The third-order valence-electron chi connectivity index (χ3n) is 5.80. The third-order valence-corrected chi connectivity index (χ3v) is 5.80. The van der Waals surface area contributed by atoms with Gasteiger partial charge in [-0.05, 0) is 32.8 Å². The molecule has 4 rings (SSSR count). The zero-order valence-electron chi connectivity index (χ0n) is 16.2. The molecule has 1 amide bonds. The van der Waals surface area contributed by atoms with E-state index in [4.69, 9.17) is 8.83 Å². The second-order valence-electron chi connectivity index (χ2n) is 7.68. The number of hydrogen-bond donors (Lipinski definition) is 0. The molecule has 146 valence electrons. The topological polar surface area (TPSA) is 75.6 Å². The maximum atomic E-state index is 12.5. The van der Waals surface area contributed by atoms with Gasteiger partial charge >= 0.3 is 0 Å². The summed E-state index contributed by atoms with van der Waals surface area (Å²) in [6, 6.07) is 2.64. The van der Waals surface area contributed by atoms with Crippen LogP contribution in [0.4, 0.5) is 0 Å². The molecule has 7 nitrogen and oxygen atoms in total. The van der Waals surface area contributed by atoms with Crippen LogP contribution >= 0.6 is 0 Å². The van der Waals surface area contributed by atoms with Crippen molar-refractivity contribution in [3.63, 3.8) is 0 Å². The van der Waals surface area contributed by atoms with Crippen LogP contribution in [0.1, 0.15) is 49.5 Å². The van der Waals surface area contributed by atoms with Gasteiger partial charge in [-0.25, -0.2) is 0 Å². The normalized spacial score (nSPS) is 19.1. The van der Waals surface area contributed by atoms with Crippen LogP contribution in [-0.2, 0) is 11.2 Å². The maximum absolute atomic E-state index is 12.5. The molecule has 0 bridgehead atoms. The lowest BCUT2D eigenvalue weighted by molar-refractivity contribution is -0.133. The van der Waals surface area contributed by atoms with E-state index in [9.17, 15) is 4.79 Å². The highest BCUT2D eigenvalue weighted by atomic mass is 16.4.